The molecule has 1 saturated heterocycles. The Balaban J connectivity index is 2.08. The maximum absolute atomic E-state index is 12.3. The highest BCUT2D eigenvalue weighted by molar-refractivity contribution is 6.42. The summed E-state index contributed by atoms with van der Waals surface area (Å²) in [5, 5.41) is 1.05. The molecule has 2 atom stereocenters. The lowest BCUT2D eigenvalue weighted by atomic mass is 9.83. The number of nitrogens with zero attached hydrogens (tertiary/aromatic N) is 1. The molecule has 0 aliphatic carbocycles. The van der Waals surface area contributed by atoms with Gasteiger partial charge in [0.15, 0.2) is 0 Å². The minimum absolute atomic E-state index is 0.0333. The van der Waals surface area contributed by atoms with Gasteiger partial charge < -0.3 is 9.64 Å². The fourth-order valence-electron chi connectivity index (χ4n) is 3.49. The molecule has 112 valence electrons. The lowest BCUT2D eigenvalue weighted by molar-refractivity contribution is -0.136. The quantitative estimate of drug-likeness (QED) is 0.769. The second-order valence-electron chi connectivity index (χ2n) is 5.62. The summed E-state index contributed by atoms with van der Waals surface area (Å²) >= 11 is 12.1. The standard InChI is InChI=1S/C16H17Cl2NO2/c1-19-10-4-6-14(19)15(16(20)21-2)11(8-10)9-3-5-12(17)13(18)7-9/h3,5,7,10-11H,4,6,8H2,1-2H3/t10-,11?/m0/s1. The van der Waals surface area contributed by atoms with Crippen molar-refractivity contribution in [3.05, 3.63) is 45.1 Å². The van der Waals surface area contributed by atoms with Crippen LogP contribution < -0.4 is 0 Å². The molecule has 2 bridgehead atoms. The van der Waals surface area contributed by atoms with Crippen LogP contribution in [-0.4, -0.2) is 31.1 Å². The highest BCUT2D eigenvalue weighted by Crippen LogP contribution is 2.46. The molecule has 1 aromatic carbocycles. The molecule has 1 aromatic rings. The summed E-state index contributed by atoms with van der Waals surface area (Å²) in [5.74, 6) is -0.209. The average Bonchev–Trinajstić information content (AvgIpc) is 2.72. The number of halogens is 2. The van der Waals surface area contributed by atoms with E-state index in [-0.39, 0.29) is 11.9 Å². The predicted molar refractivity (Wildman–Crippen MR) is 83.6 cm³/mol. The first-order valence-electron chi connectivity index (χ1n) is 7.02. The normalized spacial score (nSPS) is 24.5. The second kappa shape index (κ2) is 5.54. The Hall–Kier alpha value is -1.19. The smallest absolute Gasteiger partial charge is 0.336 e. The molecule has 5 heteroatoms. The van der Waals surface area contributed by atoms with Crippen LogP contribution >= 0.6 is 23.2 Å². The number of hydrogen-bond acceptors (Lipinski definition) is 3. The number of fused-ring (bicyclic) bond motifs is 2. The zero-order valence-corrected chi connectivity index (χ0v) is 13.5. The van der Waals surface area contributed by atoms with Crippen molar-refractivity contribution in [2.45, 2.75) is 31.2 Å². The number of carbonyl (C=O) groups excluding carboxylic acids is 1. The van der Waals surface area contributed by atoms with Crippen molar-refractivity contribution in [1.82, 2.24) is 4.90 Å². The van der Waals surface area contributed by atoms with Crippen molar-refractivity contribution in [1.29, 1.82) is 0 Å². The predicted octanol–water partition coefficient (Wildman–Crippen LogP) is 4.00. The number of allylic oxidation sites excluding steroid dienone is 1. The van der Waals surface area contributed by atoms with Gasteiger partial charge in [-0.05, 0) is 37.0 Å². The first kappa shape index (κ1) is 14.7. The fourth-order valence-corrected chi connectivity index (χ4v) is 3.79. The molecule has 3 nitrogen and oxygen atoms in total. The number of ether oxygens (including phenoxy) is 1. The highest BCUT2D eigenvalue weighted by Gasteiger charge is 2.41. The lowest BCUT2D eigenvalue weighted by Gasteiger charge is -2.35. The third kappa shape index (κ3) is 2.43. The number of benzene rings is 1. The maximum atomic E-state index is 12.3. The number of carbonyl (C=O) groups is 1. The summed E-state index contributed by atoms with van der Waals surface area (Å²) in [4.78, 5) is 14.5. The zero-order chi connectivity index (χ0) is 15.1. The Kier molecular flexibility index (Phi) is 3.89. The Morgan fingerprint density at radius 1 is 1.33 bits per heavy atom. The van der Waals surface area contributed by atoms with Crippen LogP contribution in [0.5, 0.6) is 0 Å². The number of esters is 1. The van der Waals surface area contributed by atoms with E-state index in [0.717, 1.165) is 36.1 Å². The van der Waals surface area contributed by atoms with Gasteiger partial charge in [-0.3, -0.25) is 0 Å². The van der Waals surface area contributed by atoms with Gasteiger partial charge in [-0.2, -0.15) is 0 Å². The summed E-state index contributed by atoms with van der Waals surface area (Å²) in [5.41, 5.74) is 2.91. The molecule has 0 saturated carbocycles. The van der Waals surface area contributed by atoms with Crippen LogP contribution in [0.4, 0.5) is 0 Å². The van der Waals surface area contributed by atoms with Gasteiger partial charge in [0.1, 0.15) is 0 Å². The Morgan fingerprint density at radius 2 is 2.10 bits per heavy atom. The molecule has 0 radical (unpaired) electrons. The van der Waals surface area contributed by atoms with Crippen molar-refractivity contribution in [3.63, 3.8) is 0 Å². The fraction of sp³-hybridized carbons (Fsp3) is 0.438. The summed E-state index contributed by atoms with van der Waals surface area (Å²) in [6.07, 6.45) is 2.93. The van der Waals surface area contributed by atoms with Crippen LogP contribution in [0.25, 0.3) is 0 Å². The van der Waals surface area contributed by atoms with Crippen molar-refractivity contribution in [3.8, 4) is 0 Å². The molecule has 21 heavy (non-hydrogen) atoms. The van der Waals surface area contributed by atoms with Crippen LogP contribution in [0.15, 0.2) is 29.5 Å². The third-order valence-electron chi connectivity index (χ3n) is 4.61. The van der Waals surface area contributed by atoms with Crippen molar-refractivity contribution in [2.24, 2.45) is 0 Å². The molecule has 0 amide bonds. The summed E-state index contributed by atoms with van der Waals surface area (Å²) in [6.45, 7) is 0. The van der Waals surface area contributed by atoms with E-state index < -0.39 is 0 Å². The van der Waals surface area contributed by atoms with Crippen molar-refractivity contribution in [2.75, 3.05) is 14.2 Å². The Labute approximate surface area is 134 Å². The van der Waals surface area contributed by atoms with Gasteiger partial charge in [-0.15, -0.1) is 0 Å². The van der Waals surface area contributed by atoms with Crippen LogP contribution in [0.2, 0.25) is 10.0 Å². The topological polar surface area (TPSA) is 29.5 Å². The van der Waals surface area contributed by atoms with E-state index in [9.17, 15) is 4.79 Å². The average molecular weight is 326 g/mol. The molecule has 2 aliphatic rings. The summed E-state index contributed by atoms with van der Waals surface area (Å²) < 4.78 is 5.01. The Morgan fingerprint density at radius 3 is 2.76 bits per heavy atom. The van der Waals surface area contributed by atoms with E-state index >= 15 is 0 Å². The molecule has 1 unspecified atom stereocenters. The number of rotatable bonds is 2. The summed E-state index contributed by atoms with van der Waals surface area (Å²) in [6, 6.07) is 6.09. The molecule has 1 fully saturated rings. The van der Waals surface area contributed by atoms with Gasteiger partial charge in [0.25, 0.3) is 0 Å². The van der Waals surface area contributed by atoms with E-state index in [0.29, 0.717) is 16.1 Å². The minimum Gasteiger partial charge on any atom is -0.466 e. The van der Waals surface area contributed by atoms with Gasteiger partial charge in [0, 0.05) is 24.7 Å². The summed E-state index contributed by atoms with van der Waals surface area (Å²) in [7, 11) is 3.49. The van der Waals surface area contributed by atoms with Gasteiger partial charge >= 0.3 is 5.97 Å². The number of hydrogen-bond donors (Lipinski definition) is 0. The zero-order valence-electron chi connectivity index (χ0n) is 12.0. The van der Waals surface area contributed by atoms with E-state index in [4.69, 9.17) is 27.9 Å². The molecular formula is C16H17Cl2NO2. The SMILES string of the molecule is COC(=O)C1=C2CC[C@@H](CC1c1ccc(Cl)c(Cl)c1)N2C. The molecule has 2 heterocycles. The first-order chi connectivity index (χ1) is 10.0. The largest absolute Gasteiger partial charge is 0.466 e. The third-order valence-corrected chi connectivity index (χ3v) is 5.35. The minimum atomic E-state index is -0.242. The maximum Gasteiger partial charge on any atom is 0.336 e. The van der Waals surface area contributed by atoms with Crippen molar-refractivity contribution < 1.29 is 9.53 Å². The second-order valence-corrected chi connectivity index (χ2v) is 6.43. The molecule has 0 N–H and O–H groups in total. The van der Waals surface area contributed by atoms with E-state index in [2.05, 4.69) is 11.9 Å². The van der Waals surface area contributed by atoms with Crippen LogP contribution in [0.3, 0.4) is 0 Å². The lowest BCUT2D eigenvalue weighted by Crippen LogP contribution is -2.34. The van der Waals surface area contributed by atoms with Gasteiger partial charge in [-0.1, -0.05) is 29.3 Å². The van der Waals surface area contributed by atoms with Crippen LogP contribution in [0.1, 0.15) is 30.7 Å². The van der Waals surface area contributed by atoms with E-state index in [1.807, 2.05) is 12.1 Å². The molecule has 3 rings (SSSR count). The molecule has 0 aromatic heterocycles. The molecule has 2 aliphatic heterocycles. The van der Waals surface area contributed by atoms with Crippen LogP contribution in [0, 0.1) is 0 Å². The van der Waals surface area contributed by atoms with Crippen LogP contribution in [-0.2, 0) is 9.53 Å². The van der Waals surface area contributed by atoms with Gasteiger partial charge in [-0.25, -0.2) is 4.79 Å². The first-order valence-corrected chi connectivity index (χ1v) is 7.77. The number of methoxy groups -OCH3 is 1. The molecular weight excluding hydrogens is 309 g/mol. The van der Waals surface area contributed by atoms with E-state index in [1.165, 1.54) is 7.11 Å². The molecule has 0 spiro atoms. The van der Waals surface area contributed by atoms with Crippen molar-refractivity contribution >= 4 is 29.2 Å². The van der Waals surface area contributed by atoms with E-state index in [1.54, 1.807) is 6.07 Å². The highest BCUT2D eigenvalue weighted by atomic mass is 35.5. The van der Waals surface area contributed by atoms with Gasteiger partial charge in [0.05, 0.1) is 22.7 Å². The monoisotopic (exact) mass is 325 g/mol. The van der Waals surface area contributed by atoms with Gasteiger partial charge in [0.2, 0.25) is 0 Å². The Bertz CT molecular complexity index is 627.